The molecule has 82 valence electrons. The molecule has 1 aromatic rings. The van der Waals surface area contributed by atoms with Gasteiger partial charge in [-0.15, -0.1) is 0 Å². The van der Waals surface area contributed by atoms with Crippen LogP contribution >= 0.6 is 0 Å². The number of nitrogens with zero attached hydrogens (tertiary/aromatic N) is 1. The van der Waals surface area contributed by atoms with E-state index in [1.54, 1.807) is 0 Å². The van der Waals surface area contributed by atoms with Crippen LogP contribution in [0.4, 0.5) is 0 Å². The van der Waals surface area contributed by atoms with Gasteiger partial charge in [0.05, 0.1) is 0 Å². The van der Waals surface area contributed by atoms with Gasteiger partial charge in [-0.1, -0.05) is 43.7 Å². The zero-order valence-electron chi connectivity index (χ0n) is 9.65. The van der Waals surface area contributed by atoms with Gasteiger partial charge in [-0.25, -0.2) is 0 Å². The first-order valence-corrected chi connectivity index (χ1v) is 6.21. The highest BCUT2D eigenvalue weighted by atomic mass is 15.2. The first-order chi connectivity index (χ1) is 7.42. The molecule has 1 heteroatoms. The Morgan fingerprint density at radius 3 is 2.40 bits per heavy atom. The van der Waals surface area contributed by atoms with E-state index < -0.39 is 0 Å². The normalized spacial score (nSPS) is 19.3. The highest BCUT2D eigenvalue weighted by Gasteiger charge is 2.21. The van der Waals surface area contributed by atoms with E-state index in [4.69, 9.17) is 0 Å². The second-order valence-corrected chi connectivity index (χ2v) is 4.46. The Kier molecular flexibility index (Phi) is 3.79. The van der Waals surface area contributed by atoms with Gasteiger partial charge < -0.3 is 0 Å². The Hall–Kier alpha value is -0.820. The van der Waals surface area contributed by atoms with Crippen molar-refractivity contribution in [2.75, 3.05) is 13.1 Å². The van der Waals surface area contributed by atoms with Crippen molar-refractivity contribution in [2.24, 2.45) is 0 Å². The summed E-state index contributed by atoms with van der Waals surface area (Å²) in [6.45, 7) is 4.87. The molecule has 0 spiro atoms. The van der Waals surface area contributed by atoms with Crippen LogP contribution in [0, 0.1) is 0 Å². The maximum absolute atomic E-state index is 2.65. The van der Waals surface area contributed by atoms with Gasteiger partial charge in [-0.05, 0) is 37.9 Å². The van der Waals surface area contributed by atoms with E-state index in [0.29, 0.717) is 6.04 Å². The van der Waals surface area contributed by atoms with Crippen LogP contribution < -0.4 is 0 Å². The minimum Gasteiger partial charge on any atom is -0.296 e. The molecular formula is C14H21N. The molecule has 1 nitrogen and oxygen atoms in total. The molecular weight excluding hydrogens is 182 g/mol. The first-order valence-electron chi connectivity index (χ1n) is 6.21. The Morgan fingerprint density at radius 1 is 1.13 bits per heavy atom. The van der Waals surface area contributed by atoms with Gasteiger partial charge in [0.15, 0.2) is 0 Å². The fourth-order valence-electron chi connectivity index (χ4n) is 2.56. The predicted molar refractivity (Wildman–Crippen MR) is 64.9 cm³/mol. The van der Waals surface area contributed by atoms with Gasteiger partial charge in [-0.3, -0.25) is 4.90 Å². The van der Waals surface area contributed by atoms with Crippen molar-refractivity contribution in [2.45, 2.75) is 38.6 Å². The van der Waals surface area contributed by atoms with Gasteiger partial charge in [0, 0.05) is 6.04 Å². The molecule has 0 N–H and O–H groups in total. The largest absolute Gasteiger partial charge is 0.296 e. The lowest BCUT2D eigenvalue weighted by Gasteiger charge is -2.27. The van der Waals surface area contributed by atoms with Crippen LogP contribution in [-0.4, -0.2) is 18.0 Å². The van der Waals surface area contributed by atoms with E-state index in [9.17, 15) is 0 Å². The third kappa shape index (κ3) is 2.60. The third-order valence-corrected chi connectivity index (χ3v) is 3.33. The highest BCUT2D eigenvalue weighted by molar-refractivity contribution is 5.19. The molecule has 0 unspecified atom stereocenters. The number of hydrogen-bond donors (Lipinski definition) is 0. The summed E-state index contributed by atoms with van der Waals surface area (Å²) in [6.07, 6.45) is 5.33. The van der Waals surface area contributed by atoms with Crippen molar-refractivity contribution in [3.05, 3.63) is 35.9 Å². The summed E-state index contributed by atoms with van der Waals surface area (Å²) < 4.78 is 0. The third-order valence-electron chi connectivity index (χ3n) is 3.33. The summed E-state index contributed by atoms with van der Waals surface area (Å²) in [5.74, 6) is 0. The van der Waals surface area contributed by atoms with Crippen molar-refractivity contribution in [3.8, 4) is 0 Å². The average Bonchev–Trinajstić information content (AvgIpc) is 2.80. The summed E-state index contributed by atoms with van der Waals surface area (Å²) in [5, 5.41) is 0. The molecule has 2 rings (SSSR count). The monoisotopic (exact) mass is 203 g/mol. The molecule has 0 amide bonds. The molecule has 15 heavy (non-hydrogen) atoms. The van der Waals surface area contributed by atoms with Crippen molar-refractivity contribution in [1.29, 1.82) is 0 Å². The van der Waals surface area contributed by atoms with E-state index in [1.807, 2.05) is 0 Å². The SMILES string of the molecule is CCC[C@@H](c1ccccc1)N1CCCC1. The second kappa shape index (κ2) is 5.32. The fraction of sp³-hybridized carbons (Fsp3) is 0.571. The summed E-state index contributed by atoms with van der Waals surface area (Å²) >= 11 is 0. The Balaban J connectivity index is 2.11. The minimum absolute atomic E-state index is 0.665. The molecule has 1 aliphatic rings. The molecule has 0 saturated carbocycles. The van der Waals surface area contributed by atoms with Crippen LogP contribution in [0.3, 0.4) is 0 Å². The molecule has 1 aliphatic heterocycles. The smallest absolute Gasteiger partial charge is 0.0348 e. The molecule has 1 heterocycles. The molecule has 0 radical (unpaired) electrons. The standard InChI is InChI=1S/C14H21N/c1-2-8-14(15-11-6-7-12-15)13-9-4-3-5-10-13/h3-5,9-10,14H,2,6-8,11-12H2,1H3/t14-/m0/s1. The lowest BCUT2D eigenvalue weighted by Crippen LogP contribution is -2.25. The van der Waals surface area contributed by atoms with Crippen molar-refractivity contribution < 1.29 is 0 Å². The van der Waals surface area contributed by atoms with Crippen LogP contribution in [0.1, 0.15) is 44.2 Å². The lowest BCUT2D eigenvalue weighted by atomic mass is 10.0. The van der Waals surface area contributed by atoms with E-state index >= 15 is 0 Å². The molecule has 0 aromatic heterocycles. The molecule has 1 atom stereocenters. The number of rotatable bonds is 4. The van der Waals surface area contributed by atoms with Gasteiger partial charge in [0.25, 0.3) is 0 Å². The number of likely N-dealkylation sites (tertiary alicyclic amines) is 1. The highest BCUT2D eigenvalue weighted by Crippen LogP contribution is 2.28. The molecule has 0 aliphatic carbocycles. The quantitative estimate of drug-likeness (QED) is 0.722. The van der Waals surface area contributed by atoms with E-state index in [1.165, 1.54) is 44.3 Å². The van der Waals surface area contributed by atoms with Crippen LogP contribution in [0.5, 0.6) is 0 Å². The zero-order chi connectivity index (χ0) is 10.5. The average molecular weight is 203 g/mol. The van der Waals surface area contributed by atoms with Crippen LogP contribution in [-0.2, 0) is 0 Å². The van der Waals surface area contributed by atoms with Crippen LogP contribution in [0.15, 0.2) is 30.3 Å². The lowest BCUT2D eigenvalue weighted by molar-refractivity contribution is 0.232. The van der Waals surface area contributed by atoms with E-state index in [2.05, 4.69) is 42.2 Å². The predicted octanol–water partition coefficient (Wildman–Crippen LogP) is 3.62. The maximum atomic E-state index is 2.65. The van der Waals surface area contributed by atoms with Gasteiger partial charge in [0.2, 0.25) is 0 Å². The molecule has 1 fully saturated rings. The Bertz CT molecular complexity index is 275. The Morgan fingerprint density at radius 2 is 1.80 bits per heavy atom. The fourth-order valence-corrected chi connectivity index (χ4v) is 2.56. The van der Waals surface area contributed by atoms with Crippen molar-refractivity contribution in [1.82, 2.24) is 4.90 Å². The summed E-state index contributed by atoms with van der Waals surface area (Å²) in [4.78, 5) is 2.65. The van der Waals surface area contributed by atoms with E-state index in [0.717, 1.165) is 0 Å². The zero-order valence-corrected chi connectivity index (χ0v) is 9.65. The number of hydrogen-bond acceptors (Lipinski definition) is 1. The first kappa shape index (κ1) is 10.7. The van der Waals surface area contributed by atoms with Crippen molar-refractivity contribution >= 4 is 0 Å². The summed E-state index contributed by atoms with van der Waals surface area (Å²) in [6, 6.07) is 11.6. The minimum atomic E-state index is 0.665. The van der Waals surface area contributed by atoms with Gasteiger partial charge in [-0.2, -0.15) is 0 Å². The molecule has 0 bridgehead atoms. The number of benzene rings is 1. The molecule has 1 saturated heterocycles. The van der Waals surface area contributed by atoms with Crippen LogP contribution in [0.25, 0.3) is 0 Å². The molecule has 1 aromatic carbocycles. The maximum Gasteiger partial charge on any atom is 0.0348 e. The van der Waals surface area contributed by atoms with Crippen molar-refractivity contribution in [3.63, 3.8) is 0 Å². The Labute approximate surface area is 93.1 Å². The van der Waals surface area contributed by atoms with Gasteiger partial charge >= 0.3 is 0 Å². The summed E-state index contributed by atoms with van der Waals surface area (Å²) in [5.41, 5.74) is 1.50. The van der Waals surface area contributed by atoms with Crippen LogP contribution in [0.2, 0.25) is 0 Å². The topological polar surface area (TPSA) is 3.24 Å². The summed E-state index contributed by atoms with van der Waals surface area (Å²) in [7, 11) is 0. The van der Waals surface area contributed by atoms with E-state index in [-0.39, 0.29) is 0 Å². The second-order valence-electron chi connectivity index (χ2n) is 4.46. The van der Waals surface area contributed by atoms with Gasteiger partial charge in [0.1, 0.15) is 0 Å².